The van der Waals surface area contributed by atoms with Crippen molar-refractivity contribution < 1.29 is 14.6 Å². The molecule has 0 saturated carbocycles. The molecule has 5 aromatic rings. The molecule has 0 aromatic heterocycles. The van der Waals surface area contributed by atoms with Gasteiger partial charge in [0.05, 0.1) is 27.2 Å². The molecule has 0 atom stereocenters. The van der Waals surface area contributed by atoms with Crippen LogP contribution in [0.3, 0.4) is 0 Å². The van der Waals surface area contributed by atoms with Crippen LogP contribution in [0, 0.1) is 20.2 Å². The van der Waals surface area contributed by atoms with Crippen molar-refractivity contribution >= 4 is 34.5 Å². The van der Waals surface area contributed by atoms with Gasteiger partial charge in [-0.25, -0.2) is 0 Å². The maximum absolute atomic E-state index is 14.2. The van der Waals surface area contributed by atoms with Crippen LogP contribution in [0.25, 0.3) is 17.3 Å². The van der Waals surface area contributed by atoms with Crippen molar-refractivity contribution in [3.8, 4) is 0 Å². The highest BCUT2D eigenvalue weighted by Crippen LogP contribution is 2.34. The second-order valence-electron chi connectivity index (χ2n) is 9.87. The van der Waals surface area contributed by atoms with Crippen LogP contribution >= 0.6 is 0 Å². The Morgan fingerprint density at radius 2 is 1.09 bits per heavy atom. The second-order valence-corrected chi connectivity index (χ2v) is 9.87. The molecule has 0 radical (unpaired) electrons. The molecule has 0 aliphatic heterocycles. The molecule has 1 N–H and O–H groups in total. The molecule has 5 aromatic carbocycles. The zero-order valence-corrected chi connectivity index (χ0v) is 23.4. The Kier molecular flexibility index (Phi) is 9.12. The number of carbonyl (C=O) groups is 1. The Bertz CT molecular complexity index is 1810. The van der Waals surface area contributed by atoms with Crippen LogP contribution in [0.15, 0.2) is 146 Å². The first kappa shape index (κ1) is 29.3. The van der Waals surface area contributed by atoms with E-state index >= 15 is 0 Å². The van der Waals surface area contributed by atoms with Crippen LogP contribution < -0.4 is 5.32 Å². The van der Waals surface area contributed by atoms with Crippen molar-refractivity contribution in [1.82, 2.24) is 5.32 Å². The summed E-state index contributed by atoms with van der Waals surface area (Å²) in [6.07, 6.45) is 3.07. The minimum absolute atomic E-state index is 0.123. The zero-order valence-electron chi connectivity index (χ0n) is 23.4. The van der Waals surface area contributed by atoms with Gasteiger partial charge in [-0.05, 0) is 28.3 Å². The molecule has 0 aliphatic rings. The fourth-order valence-corrected chi connectivity index (χ4v) is 4.87. The summed E-state index contributed by atoms with van der Waals surface area (Å²) in [7, 11) is 0. The minimum Gasteiger partial charge on any atom is -0.373 e. The first-order valence-electron chi connectivity index (χ1n) is 13.8. The molecule has 5 rings (SSSR count). The lowest BCUT2D eigenvalue weighted by Crippen LogP contribution is -2.23. The lowest BCUT2D eigenvalue weighted by Gasteiger charge is -2.25. The molecular weight excluding hydrogens is 554 g/mol. The van der Waals surface area contributed by atoms with Gasteiger partial charge in [0.15, 0.2) is 5.78 Å². The van der Waals surface area contributed by atoms with E-state index in [9.17, 15) is 25.0 Å². The van der Waals surface area contributed by atoms with E-state index in [2.05, 4.69) is 5.32 Å². The van der Waals surface area contributed by atoms with Crippen LogP contribution in [-0.2, 0) is 4.79 Å². The Morgan fingerprint density at radius 1 is 0.614 bits per heavy atom. The van der Waals surface area contributed by atoms with Crippen molar-refractivity contribution in [2.24, 2.45) is 0 Å². The normalized spacial score (nSPS) is 11.7. The van der Waals surface area contributed by atoms with Crippen LogP contribution in [0.5, 0.6) is 0 Å². The number of nitrogens with one attached hydrogen (secondary N) is 1. The van der Waals surface area contributed by atoms with Crippen LogP contribution in [-0.4, -0.2) is 15.6 Å². The standard InChI is InChI=1S/C36H27N3O5/c40-33(23-22-26-12-4-1-5-13-26)34(29-18-10-20-31(24-29)38(41)42)36(30-19-11-21-32(25-30)39(43)44)37-35(27-14-6-2-7-15-27)28-16-8-3-9-17-28/h1-25,35,37H/b23-22+,36-34-. The Labute approximate surface area is 253 Å². The molecule has 0 bridgehead atoms. The molecule has 0 saturated heterocycles. The van der Waals surface area contributed by atoms with E-state index in [0.29, 0.717) is 5.56 Å². The average molecular weight is 582 g/mol. The number of rotatable bonds is 11. The fraction of sp³-hybridized carbons (Fsp3) is 0.0278. The second kappa shape index (κ2) is 13.7. The van der Waals surface area contributed by atoms with Gasteiger partial charge in [0.2, 0.25) is 0 Å². The predicted molar refractivity (Wildman–Crippen MR) is 171 cm³/mol. The molecule has 0 unspecified atom stereocenters. The summed E-state index contributed by atoms with van der Waals surface area (Å²) in [6.45, 7) is 0. The summed E-state index contributed by atoms with van der Waals surface area (Å²) in [4.78, 5) is 36.7. The number of allylic oxidation sites excluding steroid dienone is 2. The van der Waals surface area contributed by atoms with Crippen LogP contribution in [0.1, 0.15) is 33.9 Å². The van der Waals surface area contributed by atoms with Crippen molar-refractivity contribution in [2.75, 3.05) is 0 Å². The third-order valence-corrected chi connectivity index (χ3v) is 6.97. The Morgan fingerprint density at radius 3 is 1.61 bits per heavy atom. The first-order valence-corrected chi connectivity index (χ1v) is 13.8. The van der Waals surface area contributed by atoms with Crippen molar-refractivity contribution in [3.63, 3.8) is 0 Å². The lowest BCUT2D eigenvalue weighted by molar-refractivity contribution is -0.385. The highest BCUT2D eigenvalue weighted by molar-refractivity contribution is 6.33. The van der Waals surface area contributed by atoms with Gasteiger partial charge in [-0.15, -0.1) is 0 Å². The van der Waals surface area contributed by atoms with Crippen LogP contribution in [0.4, 0.5) is 11.4 Å². The topological polar surface area (TPSA) is 115 Å². The number of carbonyl (C=O) groups excluding carboxylic acids is 1. The fourth-order valence-electron chi connectivity index (χ4n) is 4.87. The van der Waals surface area contributed by atoms with Gasteiger partial charge < -0.3 is 5.32 Å². The largest absolute Gasteiger partial charge is 0.373 e. The molecule has 8 heteroatoms. The Balaban J connectivity index is 1.79. The molecule has 0 amide bonds. The van der Waals surface area contributed by atoms with Gasteiger partial charge in [-0.3, -0.25) is 25.0 Å². The zero-order chi connectivity index (χ0) is 30.9. The number of ketones is 1. The van der Waals surface area contributed by atoms with E-state index in [0.717, 1.165) is 16.7 Å². The Hall–Kier alpha value is -6.15. The first-order chi connectivity index (χ1) is 21.4. The van der Waals surface area contributed by atoms with Gasteiger partial charge in [-0.2, -0.15) is 0 Å². The molecule has 44 heavy (non-hydrogen) atoms. The summed E-state index contributed by atoms with van der Waals surface area (Å²) >= 11 is 0. The number of benzene rings is 5. The van der Waals surface area contributed by atoms with Gasteiger partial charge in [0.1, 0.15) is 0 Å². The summed E-state index contributed by atoms with van der Waals surface area (Å²) in [5.74, 6) is -0.441. The lowest BCUT2D eigenvalue weighted by atomic mass is 9.92. The number of nitrogens with zero attached hydrogens (tertiary/aromatic N) is 2. The maximum Gasteiger partial charge on any atom is 0.270 e. The molecule has 0 aliphatic carbocycles. The SMILES string of the molecule is O=C(/C=C/c1ccccc1)/C(=C(\NC(c1ccccc1)c1ccccc1)c1cccc([N+](=O)[O-])c1)c1cccc([N+](=O)[O-])c1. The van der Waals surface area contributed by atoms with E-state index in [-0.39, 0.29) is 28.2 Å². The van der Waals surface area contributed by atoms with Gasteiger partial charge in [-0.1, -0.05) is 121 Å². The number of hydrogen-bond donors (Lipinski definition) is 1. The smallest absolute Gasteiger partial charge is 0.270 e. The molecule has 216 valence electrons. The summed E-state index contributed by atoms with van der Waals surface area (Å²) in [5, 5.41) is 27.1. The van der Waals surface area contributed by atoms with Gasteiger partial charge in [0.25, 0.3) is 11.4 Å². The van der Waals surface area contributed by atoms with Crippen molar-refractivity contribution in [3.05, 3.63) is 194 Å². The van der Waals surface area contributed by atoms with E-state index in [1.807, 2.05) is 91.0 Å². The quantitative estimate of drug-likeness (QED) is 0.0731. The third-order valence-electron chi connectivity index (χ3n) is 6.97. The monoisotopic (exact) mass is 581 g/mol. The highest BCUT2D eigenvalue weighted by atomic mass is 16.6. The van der Waals surface area contributed by atoms with Gasteiger partial charge in [0, 0.05) is 29.8 Å². The van der Waals surface area contributed by atoms with Crippen molar-refractivity contribution in [2.45, 2.75) is 6.04 Å². The van der Waals surface area contributed by atoms with E-state index < -0.39 is 21.7 Å². The van der Waals surface area contributed by atoms with Gasteiger partial charge >= 0.3 is 0 Å². The number of non-ortho nitro benzene ring substituents is 2. The molecular formula is C36H27N3O5. The third kappa shape index (κ3) is 7.00. The maximum atomic E-state index is 14.2. The number of nitro benzene ring substituents is 2. The highest BCUT2D eigenvalue weighted by Gasteiger charge is 2.24. The predicted octanol–water partition coefficient (Wildman–Crippen LogP) is 8.03. The minimum atomic E-state index is -0.525. The van der Waals surface area contributed by atoms with E-state index in [1.54, 1.807) is 24.3 Å². The van der Waals surface area contributed by atoms with E-state index in [4.69, 9.17) is 0 Å². The number of nitro groups is 2. The molecule has 8 nitrogen and oxygen atoms in total. The molecule has 0 heterocycles. The summed E-state index contributed by atoms with van der Waals surface area (Å²) in [5.41, 5.74) is 3.27. The average Bonchev–Trinajstić information content (AvgIpc) is 3.07. The molecule has 0 fully saturated rings. The molecule has 0 spiro atoms. The van der Waals surface area contributed by atoms with Crippen LogP contribution in [0.2, 0.25) is 0 Å². The summed E-state index contributed by atoms with van der Waals surface area (Å²) < 4.78 is 0. The number of hydrogen-bond acceptors (Lipinski definition) is 6. The van der Waals surface area contributed by atoms with E-state index in [1.165, 1.54) is 36.4 Å². The summed E-state index contributed by atoms with van der Waals surface area (Å²) in [6, 6.07) is 39.8. The van der Waals surface area contributed by atoms with Crippen molar-refractivity contribution in [1.29, 1.82) is 0 Å².